The number of hydrogen-bond acceptors (Lipinski definition) is 1. The highest BCUT2D eigenvalue weighted by Gasteiger charge is 2.46. The van der Waals surface area contributed by atoms with Crippen molar-refractivity contribution in [2.45, 2.75) is 104 Å². The van der Waals surface area contributed by atoms with Crippen LogP contribution in [0.5, 0.6) is 0 Å². The van der Waals surface area contributed by atoms with Crippen molar-refractivity contribution in [3.63, 3.8) is 0 Å². The fourth-order valence-corrected chi connectivity index (χ4v) is 10.9. The molecule has 0 amide bonds. The maximum absolute atomic E-state index is 2.76. The normalized spacial score (nSPS) is 13.0. The lowest BCUT2D eigenvalue weighted by atomic mass is 9.43. The standard InChI is InChI=1S/C51H53BN2/c1-24-20-25(2)44(26(3)21-24)39-22-41-46-34(11)32(9)33(10)45-40-18-16-17-19-42(40)54(51(45)46)52-47-35(12)28(5)31(8)38(15)50(47)53(43(23-39)48(41)52)49-36(13)29(6)27(4)30(7)37(49)14/h16-23H,1-15H3. The lowest BCUT2D eigenvalue weighted by Crippen LogP contribution is -2.58. The molecule has 0 aliphatic carbocycles. The molecule has 270 valence electrons. The lowest BCUT2D eigenvalue weighted by Gasteiger charge is -2.44. The van der Waals surface area contributed by atoms with E-state index < -0.39 is 0 Å². The predicted octanol–water partition coefficient (Wildman–Crippen LogP) is 12.5. The molecule has 2 nitrogen and oxygen atoms in total. The van der Waals surface area contributed by atoms with Crippen LogP contribution in [0.25, 0.3) is 44.1 Å². The maximum Gasteiger partial charge on any atom is 0.333 e. The van der Waals surface area contributed by atoms with Crippen molar-refractivity contribution in [2.24, 2.45) is 0 Å². The van der Waals surface area contributed by atoms with Gasteiger partial charge in [-0.25, -0.2) is 0 Å². The van der Waals surface area contributed by atoms with Crippen LogP contribution >= 0.6 is 0 Å². The zero-order valence-electron chi connectivity index (χ0n) is 35.1. The molecule has 0 fully saturated rings. The Kier molecular flexibility index (Phi) is 7.40. The third kappa shape index (κ3) is 4.19. The largest absolute Gasteiger partial charge is 0.375 e. The van der Waals surface area contributed by atoms with Crippen LogP contribution in [-0.4, -0.2) is 11.3 Å². The van der Waals surface area contributed by atoms with Crippen LogP contribution in [0.3, 0.4) is 0 Å². The minimum Gasteiger partial charge on any atom is -0.375 e. The fourth-order valence-electron chi connectivity index (χ4n) is 10.9. The predicted molar refractivity (Wildman–Crippen MR) is 236 cm³/mol. The minimum absolute atomic E-state index is 0.0261. The van der Waals surface area contributed by atoms with Crippen LogP contribution in [0.1, 0.15) is 83.5 Å². The number of aryl methyl sites for hydroxylation is 4. The summed E-state index contributed by atoms with van der Waals surface area (Å²) >= 11 is 0. The Morgan fingerprint density at radius 2 is 1.00 bits per heavy atom. The van der Waals surface area contributed by atoms with Gasteiger partial charge in [-0.05, 0) is 228 Å². The molecule has 54 heavy (non-hydrogen) atoms. The Morgan fingerprint density at radius 3 is 1.63 bits per heavy atom. The van der Waals surface area contributed by atoms with Gasteiger partial charge in [-0.15, -0.1) is 0 Å². The summed E-state index contributed by atoms with van der Waals surface area (Å²) in [4.78, 5) is 2.73. The molecule has 0 N–H and O–H groups in total. The second-order valence-electron chi connectivity index (χ2n) is 17.1. The third-order valence-corrected chi connectivity index (χ3v) is 14.6. The van der Waals surface area contributed by atoms with Gasteiger partial charge in [-0.1, -0.05) is 35.9 Å². The molecule has 9 rings (SSSR count). The summed E-state index contributed by atoms with van der Waals surface area (Å²) in [6, 6.07) is 19.1. The highest BCUT2D eigenvalue weighted by atomic mass is 15.2. The molecule has 3 heteroatoms. The third-order valence-electron chi connectivity index (χ3n) is 14.6. The summed E-state index contributed by atoms with van der Waals surface area (Å²) in [5.74, 6) is 0. The van der Waals surface area contributed by atoms with Gasteiger partial charge in [0.2, 0.25) is 0 Å². The highest BCUT2D eigenvalue weighted by molar-refractivity contribution is 6.90. The zero-order chi connectivity index (χ0) is 38.6. The molecular weight excluding hydrogens is 651 g/mol. The Labute approximate surface area is 323 Å². The molecule has 0 atom stereocenters. The molecule has 2 aliphatic rings. The van der Waals surface area contributed by atoms with Gasteiger partial charge in [0.15, 0.2) is 0 Å². The average Bonchev–Trinajstić information content (AvgIpc) is 3.48. The number of nitrogens with zero attached hydrogens (tertiary/aromatic N) is 2. The number of anilines is 3. The van der Waals surface area contributed by atoms with Gasteiger partial charge < -0.3 is 9.38 Å². The van der Waals surface area contributed by atoms with Crippen LogP contribution in [0.2, 0.25) is 0 Å². The summed E-state index contributed by atoms with van der Waals surface area (Å²) < 4.78 is 2.76. The molecule has 0 saturated carbocycles. The summed E-state index contributed by atoms with van der Waals surface area (Å²) in [5.41, 5.74) is 35.6. The van der Waals surface area contributed by atoms with Gasteiger partial charge in [0.05, 0.1) is 5.69 Å². The molecular formula is C51H53BN2. The molecule has 0 bridgehead atoms. The van der Waals surface area contributed by atoms with Crippen molar-refractivity contribution in [3.8, 4) is 22.3 Å². The first-order valence-corrected chi connectivity index (χ1v) is 19.8. The first kappa shape index (κ1) is 34.7. The number of aromatic nitrogens is 1. The molecule has 0 radical (unpaired) electrons. The monoisotopic (exact) mass is 704 g/mol. The molecule has 0 unspecified atom stereocenters. The Hall–Kier alpha value is -5.02. The van der Waals surface area contributed by atoms with Crippen LogP contribution in [0.4, 0.5) is 17.1 Å². The quantitative estimate of drug-likeness (QED) is 0.163. The van der Waals surface area contributed by atoms with Crippen molar-refractivity contribution < 1.29 is 0 Å². The second-order valence-corrected chi connectivity index (χ2v) is 17.1. The van der Waals surface area contributed by atoms with E-state index in [1.54, 1.807) is 0 Å². The van der Waals surface area contributed by atoms with Crippen molar-refractivity contribution in [1.82, 2.24) is 4.48 Å². The van der Waals surface area contributed by atoms with Crippen LogP contribution in [0.15, 0.2) is 48.5 Å². The van der Waals surface area contributed by atoms with E-state index in [1.165, 1.54) is 155 Å². The van der Waals surface area contributed by atoms with Gasteiger partial charge in [0.25, 0.3) is 0 Å². The SMILES string of the molecule is Cc1cc(C)c(-c2cc3c4c(c2)N(c2c(C)c(C)c(C)c(C)c2C)c2c(C)c(C)c(C)c(C)c2B4n2c4ccccc4c4c(C)c(C)c(C)c-3c42)c(C)c1. The molecule has 2 aliphatic heterocycles. The summed E-state index contributed by atoms with van der Waals surface area (Å²) in [7, 11) is 0. The average molecular weight is 705 g/mol. The summed E-state index contributed by atoms with van der Waals surface area (Å²) in [6.45, 7) is 35.0. The van der Waals surface area contributed by atoms with Gasteiger partial charge >= 0.3 is 6.85 Å². The number of fused-ring (bicyclic) bond motifs is 7. The highest BCUT2D eigenvalue weighted by Crippen LogP contribution is 2.52. The van der Waals surface area contributed by atoms with Gasteiger partial charge in [-0.3, -0.25) is 0 Å². The molecule has 3 heterocycles. The van der Waals surface area contributed by atoms with E-state index in [4.69, 9.17) is 0 Å². The van der Waals surface area contributed by atoms with E-state index in [0.717, 1.165) is 0 Å². The number of hydrogen-bond donors (Lipinski definition) is 0. The lowest BCUT2D eigenvalue weighted by molar-refractivity contribution is 1.11. The van der Waals surface area contributed by atoms with Gasteiger partial charge in [0, 0.05) is 38.7 Å². The van der Waals surface area contributed by atoms with Crippen molar-refractivity contribution in [3.05, 3.63) is 132 Å². The topological polar surface area (TPSA) is 8.17 Å². The van der Waals surface area contributed by atoms with Crippen molar-refractivity contribution in [2.75, 3.05) is 4.90 Å². The fraction of sp³-hybridized carbons (Fsp3) is 0.294. The second kappa shape index (κ2) is 11.5. The first-order valence-electron chi connectivity index (χ1n) is 19.8. The van der Waals surface area contributed by atoms with Crippen LogP contribution in [-0.2, 0) is 0 Å². The maximum atomic E-state index is 2.76. The van der Waals surface area contributed by atoms with Crippen LogP contribution < -0.4 is 15.8 Å². The Balaban J connectivity index is 1.59. The van der Waals surface area contributed by atoms with E-state index >= 15 is 0 Å². The number of rotatable bonds is 2. The van der Waals surface area contributed by atoms with Crippen LogP contribution in [0, 0.1) is 104 Å². The van der Waals surface area contributed by atoms with E-state index in [9.17, 15) is 0 Å². The number of benzene rings is 6. The first-order chi connectivity index (χ1) is 25.6. The van der Waals surface area contributed by atoms with Crippen molar-refractivity contribution >= 4 is 56.6 Å². The smallest absolute Gasteiger partial charge is 0.333 e. The number of para-hydroxylation sites is 1. The van der Waals surface area contributed by atoms with E-state index in [1.807, 2.05) is 0 Å². The summed E-state index contributed by atoms with van der Waals surface area (Å²) in [6.07, 6.45) is 0. The van der Waals surface area contributed by atoms with E-state index in [0.29, 0.717) is 0 Å². The Morgan fingerprint density at radius 1 is 0.463 bits per heavy atom. The van der Waals surface area contributed by atoms with Gasteiger partial charge in [0.1, 0.15) is 0 Å². The molecule has 1 aromatic heterocycles. The molecule has 6 aromatic carbocycles. The molecule has 0 spiro atoms. The Bertz CT molecular complexity index is 2830. The van der Waals surface area contributed by atoms with E-state index in [2.05, 4.69) is 162 Å². The van der Waals surface area contributed by atoms with Crippen molar-refractivity contribution in [1.29, 1.82) is 0 Å². The minimum atomic E-state index is 0.0261. The molecule has 0 saturated heterocycles. The molecule has 7 aromatic rings. The van der Waals surface area contributed by atoms with E-state index in [-0.39, 0.29) is 6.85 Å². The summed E-state index contributed by atoms with van der Waals surface area (Å²) in [5, 5.41) is 2.76. The van der Waals surface area contributed by atoms with Gasteiger partial charge in [-0.2, -0.15) is 0 Å². The zero-order valence-corrected chi connectivity index (χ0v) is 35.1.